The Bertz CT molecular complexity index is 1430. The van der Waals surface area contributed by atoms with Gasteiger partial charge in [-0.05, 0) is 41.8 Å². The third kappa shape index (κ3) is 3.05. The van der Waals surface area contributed by atoms with Crippen molar-refractivity contribution in [2.75, 3.05) is 5.32 Å². The minimum Gasteiger partial charge on any atom is -0.343 e. The average molecular weight is 408 g/mol. The van der Waals surface area contributed by atoms with E-state index in [1.54, 1.807) is 17.5 Å². The van der Waals surface area contributed by atoms with Gasteiger partial charge in [0, 0.05) is 34.0 Å². The Morgan fingerprint density at radius 1 is 0.933 bits per heavy atom. The number of amidine groups is 2. The van der Waals surface area contributed by atoms with Crippen LogP contribution in [0, 0.1) is 0 Å². The maximum atomic E-state index is 4.92. The molecular weight excluding hydrogens is 392 g/mol. The van der Waals surface area contributed by atoms with Crippen LogP contribution in [0.15, 0.2) is 83.0 Å². The van der Waals surface area contributed by atoms with Gasteiger partial charge in [0.15, 0.2) is 11.7 Å². The molecule has 0 amide bonds. The molecule has 0 fully saturated rings. The molecule has 0 radical (unpaired) electrons. The Hall–Kier alpha value is -3.84. The van der Waals surface area contributed by atoms with Crippen LogP contribution >= 0.6 is 11.3 Å². The van der Waals surface area contributed by atoms with E-state index in [1.807, 2.05) is 30.5 Å². The minimum atomic E-state index is 0.629. The summed E-state index contributed by atoms with van der Waals surface area (Å²) in [4.78, 5) is 15.2. The predicted octanol–water partition coefficient (Wildman–Crippen LogP) is 5.32. The molecule has 7 heteroatoms. The van der Waals surface area contributed by atoms with Crippen LogP contribution in [0.3, 0.4) is 0 Å². The minimum absolute atomic E-state index is 0.629. The highest BCUT2D eigenvalue weighted by molar-refractivity contribution is 7.20. The third-order valence-corrected chi connectivity index (χ3v) is 6.16. The van der Waals surface area contributed by atoms with E-state index in [9.17, 15) is 0 Å². The number of aromatic amines is 1. The summed E-state index contributed by atoms with van der Waals surface area (Å²) in [5.74, 6) is 2.23. The Kier molecular flexibility index (Phi) is 3.92. The molecule has 0 spiro atoms. The van der Waals surface area contributed by atoms with E-state index in [4.69, 9.17) is 9.98 Å². The number of nitrogens with zero attached hydrogens (tertiary/aromatic N) is 4. The third-order valence-electron chi connectivity index (χ3n) is 5.05. The van der Waals surface area contributed by atoms with Gasteiger partial charge in [-0.2, -0.15) is 5.10 Å². The van der Waals surface area contributed by atoms with E-state index in [0.717, 1.165) is 38.7 Å². The van der Waals surface area contributed by atoms with Crippen molar-refractivity contribution in [2.45, 2.75) is 6.42 Å². The number of hydrogen-bond acceptors (Lipinski definition) is 6. The number of aliphatic imine (C=N–C) groups is 2. The highest BCUT2D eigenvalue weighted by atomic mass is 32.1. The average Bonchev–Trinajstić information content (AvgIpc) is 3.36. The Labute approximate surface area is 176 Å². The molecule has 6 nitrogen and oxygen atoms in total. The fraction of sp³-hybridized carbons (Fsp3) is 0.0435. The fourth-order valence-corrected chi connectivity index (χ4v) is 4.60. The van der Waals surface area contributed by atoms with Gasteiger partial charge in [0.05, 0.1) is 16.6 Å². The lowest BCUT2D eigenvalue weighted by Gasteiger charge is -2.09. The maximum Gasteiger partial charge on any atom is 0.173 e. The molecule has 0 aliphatic carbocycles. The number of fused-ring (bicyclic) bond motifs is 3. The first-order valence-corrected chi connectivity index (χ1v) is 10.4. The summed E-state index contributed by atoms with van der Waals surface area (Å²) >= 11 is 1.69. The van der Waals surface area contributed by atoms with Crippen LogP contribution in [-0.2, 0) is 6.42 Å². The largest absolute Gasteiger partial charge is 0.343 e. The fourth-order valence-electron chi connectivity index (χ4n) is 3.60. The number of pyridine rings is 1. The molecular formula is C23H16N6S. The molecule has 0 bridgehead atoms. The van der Waals surface area contributed by atoms with Gasteiger partial charge >= 0.3 is 0 Å². The van der Waals surface area contributed by atoms with Crippen molar-refractivity contribution in [1.82, 2.24) is 15.2 Å². The van der Waals surface area contributed by atoms with Crippen molar-refractivity contribution in [3.05, 3.63) is 83.5 Å². The van der Waals surface area contributed by atoms with Gasteiger partial charge in [0.2, 0.25) is 0 Å². The van der Waals surface area contributed by atoms with E-state index in [0.29, 0.717) is 12.3 Å². The number of rotatable bonds is 2. The summed E-state index contributed by atoms with van der Waals surface area (Å²) in [5, 5.41) is 12.8. The normalized spacial score (nSPS) is 13.6. The lowest BCUT2D eigenvalue weighted by atomic mass is 10.1. The van der Waals surface area contributed by atoms with E-state index in [-0.39, 0.29) is 0 Å². The second-order valence-electron chi connectivity index (χ2n) is 7.10. The van der Waals surface area contributed by atoms with Gasteiger partial charge in [-0.15, -0.1) is 11.3 Å². The molecule has 30 heavy (non-hydrogen) atoms. The molecule has 144 valence electrons. The predicted molar refractivity (Wildman–Crippen MR) is 123 cm³/mol. The first kappa shape index (κ1) is 17.1. The van der Waals surface area contributed by atoms with Crippen LogP contribution in [-0.4, -0.2) is 26.9 Å². The van der Waals surface area contributed by atoms with E-state index in [2.05, 4.69) is 56.9 Å². The zero-order valence-corrected chi connectivity index (χ0v) is 16.6. The second kappa shape index (κ2) is 6.89. The van der Waals surface area contributed by atoms with Crippen LogP contribution in [0.4, 0.5) is 11.5 Å². The summed E-state index contributed by atoms with van der Waals surface area (Å²) in [6.45, 7) is 0. The molecule has 6 rings (SSSR count). The van der Waals surface area contributed by atoms with Crippen LogP contribution in [0.1, 0.15) is 10.4 Å². The summed E-state index contributed by atoms with van der Waals surface area (Å²) in [7, 11) is 0. The van der Waals surface area contributed by atoms with Crippen LogP contribution < -0.4 is 5.32 Å². The highest BCUT2D eigenvalue weighted by Gasteiger charge is 2.17. The van der Waals surface area contributed by atoms with Gasteiger partial charge in [-0.1, -0.05) is 24.3 Å². The van der Waals surface area contributed by atoms with E-state index in [1.165, 1.54) is 10.1 Å². The number of anilines is 1. The number of aromatic nitrogens is 3. The molecule has 2 aromatic carbocycles. The van der Waals surface area contributed by atoms with Crippen LogP contribution in [0.2, 0.25) is 0 Å². The lowest BCUT2D eigenvalue weighted by Crippen LogP contribution is -2.16. The monoisotopic (exact) mass is 408 g/mol. The first-order chi connectivity index (χ1) is 14.8. The standard InChI is InChI=1S/C23H16N6S/c1-2-6-19-14(4-1)11-20(30-19)23-27-21(12-15-5-3-9-24-22(15)28-23)26-17-7-8-18-16(10-17)13-25-29-18/h1-11,13H,12H2,(H,25,29)(H,24,26,27,28). The number of H-pyrrole nitrogens is 1. The topological polar surface area (TPSA) is 78.3 Å². The Balaban J connectivity index is 1.44. The molecule has 0 saturated carbocycles. The molecule has 2 N–H and O–H groups in total. The van der Waals surface area contributed by atoms with Crippen molar-refractivity contribution in [3.63, 3.8) is 0 Å². The molecule has 3 aromatic heterocycles. The highest BCUT2D eigenvalue weighted by Crippen LogP contribution is 2.29. The number of nitrogens with one attached hydrogen (secondary N) is 2. The van der Waals surface area contributed by atoms with Crippen molar-refractivity contribution < 1.29 is 0 Å². The summed E-state index contributed by atoms with van der Waals surface area (Å²) in [5.41, 5.74) is 3.01. The zero-order chi connectivity index (χ0) is 19.9. The van der Waals surface area contributed by atoms with E-state index < -0.39 is 0 Å². The summed E-state index contributed by atoms with van der Waals surface area (Å²) < 4.78 is 1.22. The molecule has 1 aliphatic heterocycles. The van der Waals surface area contributed by atoms with Gasteiger partial charge < -0.3 is 5.32 Å². The summed E-state index contributed by atoms with van der Waals surface area (Å²) in [6, 6.07) is 20.6. The molecule has 0 atom stereocenters. The van der Waals surface area contributed by atoms with Gasteiger partial charge in [-0.25, -0.2) is 15.0 Å². The summed E-state index contributed by atoms with van der Waals surface area (Å²) in [6.07, 6.45) is 4.22. The Morgan fingerprint density at radius 2 is 1.90 bits per heavy atom. The van der Waals surface area contributed by atoms with Crippen molar-refractivity contribution >= 4 is 55.5 Å². The smallest absolute Gasteiger partial charge is 0.173 e. The molecule has 5 aromatic rings. The second-order valence-corrected chi connectivity index (χ2v) is 8.19. The molecule has 1 aliphatic rings. The van der Waals surface area contributed by atoms with Crippen molar-refractivity contribution in [1.29, 1.82) is 0 Å². The zero-order valence-electron chi connectivity index (χ0n) is 15.8. The first-order valence-electron chi connectivity index (χ1n) is 9.61. The number of hydrogen-bond donors (Lipinski definition) is 2. The van der Waals surface area contributed by atoms with Crippen LogP contribution in [0.25, 0.3) is 21.0 Å². The van der Waals surface area contributed by atoms with Crippen molar-refractivity contribution in [3.8, 4) is 0 Å². The number of thiophene rings is 1. The van der Waals surface area contributed by atoms with Crippen LogP contribution in [0.5, 0.6) is 0 Å². The molecule has 4 heterocycles. The lowest BCUT2D eigenvalue weighted by molar-refractivity contribution is 1.12. The number of benzene rings is 2. The maximum absolute atomic E-state index is 4.92. The van der Waals surface area contributed by atoms with Gasteiger partial charge in [-0.3, -0.25) is 5.10 Å². The quantitative estimate of drug-likeness (QED) is 0.415. The Morgan fingerprint density at radius 3 is 2.87 bits per heavy atom. The van der Waals surface area contributed by atoms with Gasteiger partial charge in [0.25, 0.3) is 0 Å². The SMILES string of the molecule is c1cnc2c(c1)CC(Nc1ccc3[nH]ncc3c1)=NC(c1cc3ccccc3s1)=N2. The molecule has 0 unspecified atom stereocenters. The van der Waals surface area contributed by atoms with E-state index >= 15 is 0 Å². The van der Waals surface area contributed by atoms with Gasteiger partial charge in [0.1, 0.15) is 5.84 Å². The van der Waals surface area contributed by atoms with Crippen molar-refractivity contribution in [2.24, 2.45) is 9.98 Å². The molecule has 0 saturated heterocycles.